The van der Waals surface area contributed by atoms with Crippen molar-refractivity contribution in [2.24, 2.45) is 0 Å². The maximum atomic E-state index is 5.31. The Hall–Kier alpha value is -0.980. The third-order valence-corrected chi connectivity index (χ3v) is 1.37. The first-order valence-corrected chi connectivity index (χ1v) is 4.42. The maximum Gasteiger partial charge on any atom is 0.112 e. The molecule has 0 aliphatic heterocycles. The highest BCUT2D eigenvalue weighted by atomic mass is 16.5. The van der Waals surface area contributed by atoms with Gasteiger partial charge in [-0.25, -0.2) is 0 Å². The molecular weight excluding hydrogens is 148 g/mol. The number of unbranched alkanes of at least 4 members (excludes halogenated alkanes) is 1. The van der Waals surface area contributed by atoms with E-state index in [0.29, 0.717) is 0 Å². The lowest BCUT2D eigenvalue weighted by Gasteiger charge is -2.02. The third-order valence-electron chi connectivity index (χ3n) is 1.37. The minimum atomic E-state index is 0.738. The SMILES string of the molecule is C=C(/C=C\C=C\C)OCCCC. The van der Waals surface area contributed by atoms with Gasteiger partial charge in [0, 0.05) is 0 Å². The average molecular weight is 166 g/mol. The molecule has 0 saturated heterocycles. The van der Waals surface area contributed by atoms with Gasteiger partial charge in [0.05, 0.1) is 6.61 Å². The fourth-order valence-electron chi connectivity index (χ4n) is 0.670. The van der Waals surface area contributed by atoms with Gasteiger partial charge in [-0.05, 0) is 19.4 Å². The molecule has 0 N–H and O–H groups in total. The molecule has 0 aliphatic rings. The van der Waals surface area contributed by atoms with Gasteiger partial charge in [0.2, 0.25) is 0 Å². The summed E-state index contributed by atoms with van der Waals surface area (Å²) >= 11 is 0. The van der Waals surface area contributed by atoms with Crippen LogP contribution in [0.1, 0.15) is 26.7 Å². The summed E-state index contributed by atoms with van der Waals surface area (Å²) in [5.41, 5.74) is 0. The van der Waals surface area contributed by atoms with Crippen molar-refractivity contribution in [3.05, 3.63) is 36.6 Å². The highest BCUT2D eigenvalue weighted by Crippen LogP contribution is 1.98. The Labute approximate surface area is 75.4 Å². The Morgan fingerprint density at radius 1 is 1.42 bits per heavy atom. The van der Waals surface area contributed by atoms with Crippen LogP contribution in [0.5, 0.6) is 0 Å². The van der Waals surface area contributed by atoms with Crippen LogP contribution in [0.25, 0.3) is 0 Å². The van der Waals surface area contributed by atoms with E-state index < -0.39 is 0 Å². The number of rotatable bonds is 6. The fraction of sp³-hybridized carbons (Fsp3) is 0.455. The summed E-state index contributed by atoms with van der Waals surface area (Å²) in [6, 6.07) is 0. The van der Waals surface area contributed by atoms with Crippen LogP contribution in [0.4, 0.5) is 0 Å². The van der Waals surface area contributed by atoms with Crippen molar-refractivity contribution in [2.75, 3.05) is 6.61 Å². The lowest BCUT2D eigenvalue weighted by atomic mass is 10.3. The van der Waals surface area contributed by atoms with Gasteiger partial charge in [-0.15, -0.1) is 0 Å². The van der Waals surface area contributed by atoms with Gasteiger partial charge in [-0.2, -0.15) is 0 Å². The Kier molecular flexibility index (Phi) is 7.46. The van der Waals surface area contributed by atoms with E-state index in [2.05, 4.69) is 13.5 Å². The molecule has 0 fully saturated rings. The van der Waals surface area contributed by atoms with Crippen molar-refractivity contribution < 1.29 is 4.74 Å². The molecule has 68 valence electrons. The van der Waals surface area contributed by atoms with Crippen LogP contribution in [0, 0.1) is 0 Å². The summed E-state index contributed by atoms with van der Waals surface area (Å²) in [7, 11) is 0. The predicted molar refractivity (Wildman–Crippen MR) is 54.0 cm³/mol. The van der Waals surface area contributed by atoms with Crippen LogP contribution < -0.4 is 0 Å². The Bertz CT molecular complexity index is 166. The van der Waals surface area contributed by atoms with Crippen LogP contribution in [-0.4, -0.2) is 6.61 Å². The molecule has 0 spiro atoms. The van der Waals surface area contributed by atoms with Crippen molar-refractivity contribution in [1.29, 1.82) is 0 Å². The zero-order valence-corrected chi connectivity index (χ0v) is 8.05. The molecule has 0 aromatic rings. The first-order valence-electron chi connectivity index (χ1n) is 4.42. The maximum absolute atomic E-state index is 5.31. The van der Waals surface area contributed by atoms with Crippen molar-refractivity contribution in [2.45, 2.75) is 26.7 Å². The van der Waals surface area contributed by atoms with Gasteiger partial charge in [0.25, 0.3) is 0 Å². The molecule has 0 aliphatic carbocycles. The summed E-state index contributed by atoms with van der Waals surface area (Å²) in [6.07, 6.45) is 9.97. The van der Waals surface area contributed by atoms with E-state index >= 15 is 0 Å². The van der Waals surface area contributed by atoms with Crippen molar-refractivity contribution >= 4 is 0 Å². The molecule has 0 amide bonds. The largest absolute Gasteiger partial charge is 0.494 e. The molecule has 0 bridgehead atoms. The molecule has 0 aromatic carbocycles. The lowest BCUT2D eigenvalue weighted by Crippen LogP contribution is -1.90. The minimum absolute atomic E-state index is 0.738. The van der Waals surface area contributed by atoms with E-state index in [1.54, 1.807) is 0 Å². The standard InChI is InChI=1S/C11H18O/c1-4-6-8-9-11(3)12-10-7-5-2/h4,6,8-9H,3,5,7,10H2,1-2H3/b6-4+,9-8-. The van der Waals surface area contributed by atoms with Crippen LogP contribution in [0.2, 0.25) is 0 Å². The highest BCUT2D eigenvalue weighted by Gasteiger charge is 1.86. The number of ether oxygens (including phenoxy) is 1. The van der Waals surface area contributed by atoms with Crippen molar-refractivity contribution in [1.82, 2.24) is 0 Å². The molecule has 12 heavy (non-hydrogen) atoms. The van der Waals surface area contributed by atoms with E-state index in [4.69, 9.17) is 4.74 Å². The minimum Gasteiger partial charge on any atom is -0.494 e. The van der Waals surface area contributed by atoms with Crippen LogP contribution in [0.3, 0.4) is 0 Å². The highest BCUT2D eigenvalue weighted by molar-refractivity contribution is 5.13. The fourth-order valence-corrected chi connectivity index (χ4v) is 0.670. The molecule has 0 radical (unpaired) electrons. The number of allylic oxidation sites excluding steroid dienone is 4. The Balaban J connectivity index is 3.45. The molecule has 0 saturated carbocycles. The smallest absolute Gasteiger partial charge is 0.112 e. The Morgan fingerprint density at radius 2 is 2.17 bits per heavy atom. The molecule has 0 atom stereocenters. The molecule has 0 unspecified atom stereocenters. The molecule has 0 aromatic heterocycles. The first-order chi connectivity index (χ1) is 5.81. The second kappa shape index (κ2) is 8.12. The Morgan fingerprint density at radius 3 is 2.75 bits per heavy atom. The van der Waals surface area contributed by atoms with E-state index in [0.717, 1.165) is 25.2 Å². The monoisotopic (exact) mass is 166 g/mol. The quantitative estimate of drug-likeness (QED) is 0.333. The molecular formula is C11H18O. The second-order valence-corrected chi connectivity index (χ2v) is 2.55. The predicted octanol–water partition coefficient (Wildman–Crippen LogP) is 3.45. The van der Waals surface area contributed by atoms with Gasteiger partial charge in [-0.1, -0.05) is 38.2 Å². The first kappa shape index (κ1) is 11.0. The van der Waals surface area contributed by atoms with E-state index in [-0.39, 0.29) is 0 Å². The van der Waals surface area contributed by atoms with Gasteiger partial charge in [0.1, 0.15) is 5.76 Å². The van der Waals surface area contributed by atoms with Crippen LogP contribution in [0.15, 0.2) is 36.6 Å². The summed E-state index contributed by atoms with van der Waals surface area (Å²) in [6.45, 7) is 8.65. The summed E-state index contributed by atoms with van der Waals surface area (Å²) < 4.78 is 5.31. The summed E-state index contributed by atoms with van der Waals surface area (Å²) in [4.78, 5) is 0. The summed E-state index contributed by atoms with van der Waals surface area (Å²) in [5, 5.41) is 0. The third kappa shape index (κ3) is 7.13. The normalized spacial score (nSPS) is 11.2. The topological polar surface area (TPSA) is 9.23 Å². The number of hydrogen-bond donors (Lipinski definition) is 0. The van der Waals surface area contributed by atoms with Gasteiger partial charge in [-0.3, -0.25) is 0 Å². The zero-order chi connectivity index (χ0) is 9.23. The van der Waals surface area contributed by atoms with Gasteiger partial charge in [0.15, 0.2) is 0 Å². The lowest BCUT2D eigenvalue weighted by molar-refractivity contribution is 0.221. The number of hydrogen-bond acceptors (Lipinski definition) is 1. The van der Waals surface area contributed by atoms with E-state index in [1.165, 1.54) is 0 Å². The molecule has 0 heterocycles. The molecule has 0 rings (SSSR count). The van der Waals surface area contributed by atoms with Gasteiger partial charge < -0.3 is 4.74 Å². The van der Waals surface area contributed by atoms with Crippen LogP contribution in [-0.2, 0) is 4.74 Å². The zero-order valence-electron chi connectivity index (χ0n) is 8.05. The average Bonchev–Trinajstić information content (AvgIpc) is 2.06. The van der Waals surface area contributed by atoms with E-state index in [1.807, 2.05) is 31.2 Å². The second-order valence-electron chi connectivity index (χ2n) is 2.55. The molecule has 1 nitrogen and oxygen atoms in total. The van der Waals surface area contributed by atoms with Crippen LogP contribution >= 0.6 is 0 Å². The van der Waals surface area contributed by atoms with Crippen molar-refractivity contribution in [3.63, 3.8) is 0 Å². The molecule has 1 heteroatoms. The van der Waals surface area contributed by atoms with Crippen molar-refractivity contribution in [3.8, 4) is 0 Å². The summed E-state index contributed by atoms with van der Waals surface area (Å²) in [5.74, 6) is 0.738. The van der Waals surface area contributed by atoms with E-state index in [9.17, 15) is 0 Å². The van der Waals surface area contributed by atoms with Gasteiger partial charge >= 0.3 is 0 Å².